The predicted molar refractivity (Wildman–Crippen MR) is 115 cm³/mol. The summed E-state index contributed by atoms with van der Waals surface area (Å²) in [4.78, 5) is 32.3. The van der Waals surface area contributed by atoms with Gasteiger partial charge in [-0.05, 0) is 39.1 Å². The van der Waals surface area contributed by atoms with Crippen LogP contribution in [-0.4, -0.2) is 72.9 Å². The molecule has 0 aromatic heterocycles. The molecule has 154 valence electrons. The molecule has 0 unspecified atom stereocenters. The lowest BCUT2D eigenvalue weighted by atomic mass is 9.96. The Kier molecular flexibility index (Phi) is 6.54. The number of phenols is 1. The number of hydrogen-bond donors (Lipinski definition) is 1. The Morgan fingerprint density at radius 1 is 0.931 bits per heavy atom. The fraction of sp³-hybridized carbons (Fsp3) is 0.391. The number of nitrogens with zero attached hydrogens (tertiary/aromatic N) is 3. The molecule has 0 atom stereocenters. The number of carbonyl (C=O) groups is 2. The molecule has 6 heteroatoms. The van der Waals surface area contributed by atoms with Gasteiger partial charge in [-0.1, -0.05) is 18.2 Å². The maximum absolute atomic E-state index is 13.2. The van der Waals surface area contributed by atoms with Gasteiger partial charge in [-0.15, -0.1) is 0 Å². The van der Waals surface area contributed by atoms with Crippen molar-refractivity contribution in [3.8, 4) is 5.75 Å². The van der Waals surface area contributed by atoms with Gasteiger partial charge in [0.2, 0.25) is 0 Å². The third kappa shape index (κ3) is 4.43. The largest absolute Gasteiger partial charge is 0.507 e. The molecule has 0 saturated carbocycles. The van der Waals surface area contributed by atoms with Crippen LogP contribution in [0.1, 0.15) is 40.1 Å². The standard InChI is InChI=1S/C23H29N3O3/c1-4-25(5-2)17-10-11-20(21(27)16-17)22(28)18-8-6-7-9-19(18)23(29)26-14-12-24(3)13-15-26/h6-11,16,27H,4-5,12-15H2,1-3H3. The van der Waals surface area contributed by atoms with E-state index >= 15 is 0 Å². The van der Waals surface area contributed by atoms with E-state index in [-0.39, 0.29) is 23.0 Å². The van der Waals surface area contributed by atoms with E-state index in [1.807, 2.05) is 27.0 Å². The van der Waals surface area contributed by atoms with Crippen molar-refractivity contribution in [1.82, 2.24) is 9.80 Å². The van der Waals surface area contributed by atoms with Gasteiger partial charge >= 0.3 is 0 Å². The number of carbonyl (C=O) groups excluding carboxylic acids is 2. The van der Waals surface area contributed by atoms with E-state index in [2.05, 4.69) is 9.80 Å². The van der Waals surface area contributed by atoms with Crippen LogP contribution in [-0.2, 0) is 0 Å². The van der Waals surface area contributed by atoms with Crippen LogP contribution in [0.5, 0.6) is 5.75 Å². The lowest BCUT2D eigenvalue weighted by Gasteiger charge is -2.32. The van der Waals surface area contributed by atoms with Crippen LogP contribution in [0.2, 0.25) is 0 Å². The highest BCUT2D eigenvalue weighted by Crippen LogP contribution is 2.28. The number of hydrogen-bond acceptors (Lipinski definition) is 5. The number of aromatic hydroxyl groups is 1. The molecule has 1 saturated heterocycles. The molecule has 1 N–H and O–H groups in total. The van der Waals surface area contributed by atoms with Crippen LogP contribution in [0.3, 0.4) is 0 Å². The Hall–Kier alpha value is -2.86. The molecular weight excluding hydrogens is 366 g/mol. The second kappa shape index (κ2) is 9.09. The summed E-state index contributed by atoms with van der Waals surface area (Å²) in [6.45, 7) is 8.62. The van der Waals surface area contributed by atoms with Crippen LogP contribution in [0.25, 0.3) is 0 Å². The van der Waals surface area contributed by atoms with Crippen molar-refractivity contribution in [2.24, 2.45) is 0 Å². The Balaban J connectivity index is 1.90. The van der Waals surface area contributed by atoms with Gasteiger partial charge in [-0.25, -0.2) is 0 Å². The second-order valence-corrected chi connectivity index (χ2v) is 7.34. The number of anilines is 1. The second-order valence-electron chi connectivity index (χ2n) is 7.34. The number of phenolic OH excluding ortho intramolecular Hbond substituents is 1. The van der Waals surface area contributed by atoms with Crippen LogP contribution < -0.4 is 4.90 Å². The van der Waals surface area contributed by atoms with E-state index in [1.165, 1.54) is 0 Å². The third-order valence-electron chi connectivity index (χ3n) is 5.55. The number of ketones is 1. The topological polar surface area (TPSA) is 64.1 Å². The van der Waals surface area contributed by atoms with E-state index < -0.39 is 0 Å². The molecule has 29 heavy (non-hydrogen) atoms. The molecule has 1 amide bonds. The highest BCUT2D eigenvalue weighted by atomic mass is 16.3. The molecule has 0 aliphatic carbocycles. The lowest BCUT2D eigenvalue weighted by molar-refractivity contribution is 0.0661. The zero-order chi connectivity index (χ0) is 21.0. The first kappa shape index (κ1) is 20.9. The molecule has 2 aromatic carbocycles. The number of piperazine rings is 1. The molecule has 0 radical (unpaired) electrons. The summed E-state index contributed by atoms with van der Waals surface area (Å²) in [6, 6.07) is 12.0. The molecule has 6 nitrogen and oxygen atoms in total. The van der Waals surface area contributed by atoms with E-state index in [0.29, 0.717) is 24.2 Å². The van der Waals surface area contributed by atoms with E-state index in [0.717, 1.165) is 31.9 Å². The van der Waals surface area contributed by atoms with Gasteiger partial charge < -0.3 is 19.8 Å². The van der Waals surface area contributed by atoms with Gasteiger partial charge in [0, 0.05) is 56.6 Å². The average Bonchev–Trinajstić information content (AvgIpc) is 2.74. The van der Waals surface area contributed by atoms with Gasteiger partial charge in [0.1, 0.15) is 5.75 Å². The van der Waals surface area contributed by atoms with Crippen molar-refractivity contribution >= 4 is 17.4 Å². The highest BCUT2D eigenvalue weighted by Gasteiger charge is 2.25. The van der Waals surface area contributed by atoms with Gasteiger partial charge in [0.25, 0.3) is 5.91 Å². The van der Waals surface area contributed by atoms with Gasteiger partial charge in [0.05, 0.1) is 11.1 Å². The molecule has 0 bridgehead atoms. The van der Waals surface area contributed by atoms with E-state index in [9.17, 15) is 14.7 Å². The Morgan fingerprint density at radius 2 is 1.55 bits per heavy atom. The zero-order valence-corrected chi connectivity index (χ0v) is 17.4. The molecule has 1 fully saturated rings. The molecule has 0 spiro atoms. The summed E-state index contributed by atoms with van der Waals surface area (Å²) in [5, 5.41) is 10.5. The minimum absolute atomic E-state index is 0.0683. The fourth-order valence-corrected chi connectivity index (χ4v) is 3.69. The Labute approximate surface area is 172 Å². The summed E-state index contributed by atoms with van der Waals surface area (Å²) in [5.74, 6) is -0.547. The molecule has 1 aliphatic heterocycles. The molecule has 3 rings (SSSR count). The zero-order valence-electron chi connectivity index (χ0n) is 17.4. The van der Waals surface area contributed by atoms with Crippen molar-refractivity contribution in [2.75, 3.05) is 51.2 Å². The quantitative estimate of drug-likeness (QED) is 0.762. The molecule has 1 heterocycles. The van der Waals surface area contributed by atoms with Gasteiger partial charge in [0.15, 0.2) is 5.78 Å². The average molecular weight is 396 g/mol. The number of likely N-dealkylation sites (N-methyl/N-ethyl adjacent to an activating group) is 1. The predicted octanol–water partition coefficient (Wildman–Crippen LogP) is 2.86. The van der Waals surface area contributed by atoms with Crippen molar-refractivity contribution in [3.63, 3.8) is 0 Å². The van der Waals surface area contributed by atoms with E-state index in [4.69, 9.17) is 0 Å². The smallest absolute Gasteiger partial charge is 0.254 e. The highest BCUT2D eigenvalue weighted by molar-refractivity contribution is 6.16. The summed E-state index contributed by atoms with van der Waals surface area (Å²) in [5.41, 5.74) is 1.78. The van der Waals surface area contributed by atoms with Gasteiger partial charge in [-0.2, -0.15) is 0 Å². The monoisotopic (exact) mass is 395 g/mol. The van der Waals surface area contributed by atoms with E-state index in [1.54, 1.807) is 41.3 Å². The van der Waals surface area contributed by atoms with Crippen LogP contribution >= 0.6 is 0 Å². The molecular formula is C23H29N3O3. The normalized spacial score (nSPS) is 14.7. The Bertz CT molecular complexity index is 885. The summed E-state index contributed by atoms with van der Waals surface area (Å²) >= 11 is 0. The summed E-state index contributed by atoms with van der Waals surface area (Å²) in [6.07, 6.45) is 0. The minimum Gasteiger partial charge on any atom is -0.507 e. The number of amides is 1. The number of rotatable bonds is 6. The molecule has 2 aromatic rings. The lowest BCUT2D eigenvalue weighted by Crippen LogP contribution is -2.47. The SMILES string of the molecule is CCN(CC)c1ccc(C(=O)c2ccccc2C(=O)N2CCN(C)CC2)c(O)c1. The van der Waals surface area contributed by atoms with Crippen LogP contribution in [0.4, 0.5) is 5.69 Å². The maximum atomic E-state index is 13.2. The minimum atomic E-state index is -0.341. The first-order valence-corrected chi connectivity index (χ1v) is 10.2. The first-order valence-electron chi connectivity index (χ1n) is 10.2. The van der Waals surface area contributed by atoms with Crippen molar-refractivity contribution in [3.05, 3.63) is 59.2 Å². The maximum Gasteiger partial charge on any atom is 0.254 e. The first-order chi connectivity index (χ1) is 14.0. The fourth-order valence-electron chi connectivity index (χ4n) is 3.69. The number of benzene rings is 2. The van der Waals surface area contributed by atoms with Crippen molar-refractivity contribution < 1.29 is 14.7 Å². The Morgan fingerprint density at radius 3 is 2.14 bits per heavy atom. The van der Waals surface area contributed by atoms with Crippen molar-refractivity contribution in [1.29, 1.82) is 0 Å². The summed E-state index contributed by atoms with van der Waals surface area (Å²) < 4.78 is 0. The van der Waals surface area contributed by atoms with Crippen LogP contribution in [0, 0.1) is 0 Å². The van der Waals surface area contributed by atoms with Gasteiger partial charge in [-0.3, -0.25) is 9.59 Å². The molecule has 1 aliphatic rings. The van der Waals surface area contributed by atoms with Crippen LogP contribution in [0.15, 0.2) is 42.5 Å². The van der Waals surface area contributed by atoms with Crippen molar-refractivity contribution in [2.45, 2.75) is 13.8 Å². The third-order valence-corrected chi connectivity index (χ3v) is 5.55. The summed E-state index contributed by atoms with van der Waals surface area (Å²) in [7, 11) is 2.03.